The Hall–Kier alpha value is -1.44. The summed E-state index contributed by atoms with van der Waals surface area (Å²) >= 11 is 0. The van der Waals surface area contributed by atoms with Crippen molar-refractivity contribution < 1.29 is 18.3 Å². The predicted molar refractivity (Wildman–Crippen MR) is 78.8 cm³/mol. The number of unbranched alkanes of at least 4 members (excludes halogenated alkanes) is 1. The smallest absolute Gasteiger partial charge is 0.303 e. The highest BCUT2D eigenvalue weighted by atomic mass is 32.2. The van der Waals surface area contributed by atoms with Gasteiger partial charge in [0.2, 0.25) is 0 Å². The third-order valence-electron chi connectivity index (χ3n) is 3.18. The molecule has 0 unspecified atom stereocenters. The highest BCUT2D eigenvalue weighted by Crippen LogP contribution is 2.16. The Bertz CT molecular complexity index is 572. The first-order chi connectivity index (χ1) is 9.62. The van der Waals surface area contributed by atoms with E-state index in [4.69, 9.17) is 5.11 Å². The van der Waals surface area contributed by atoms with Gasteiger partial charge in [-0.25, -0.2) is 8.42 Å². The molecule has 1 aromatic heterocycles. The summed E-state index contributed by atoms with van der Waals surface area (Å²) in [5.74, 6) is -0.774. The summed E-state index contributed by atoms with van der Waals surface area (Å²) in [6.45, 7) is 5.31. The molecule has 0 fully saturated rings. The SMILES string of the molecule is CC(C)(C)S(=O)(=O)CCn1cc(CCCCC(=O)O)nn1. The Labute approximate surface area is 125 Å². The Kier molecular flexibility index (Phi) is 5.88. The van der Waals surface area contributed by atoms with E-state index in [2.05, 4.69) is 10.3 Å². The van der Waals surface area contributed by atoms with Gasteiger partial charge in [0.15, 0.2) is 9.84 Å². The molecule has 0 aliphatic heterocycles. The summed E-state index contributed by atoms with van der Waals surface area (Å²) in [7, 11) is -3.17. The molecule has 120 valence electrons. The molecule has 0 aromatic carbocycles. The summed E-state index contributed by atoms with van der Waals surface area (Å²) in [6, 6.07) is 0. The van der Waals surface area contributed by atoms with Crippen LogP contribution >= 0.6 is 0 Å². The highest BCUT2D eigenvalue weighted by molar-refractivity contribution is 7.92. The Morgan fingerprint density at radius 2 is 2.00 bits per heavy atom. The molecule has 0 amide bonds. The fraction of sp³-hybridized carbons (Fsp3) is 0.769. The van der Waals surface area contributed by atoms with Gasteiger partial charge in [-0.15, -0.1) is 5.10 Å². The zero-order valence-electron chi connectivity index (χ0n) is 12.7. The summed E-state index contributed by atoms with van der Waals surface area (Å²) in [4.78, 5) is 10.4. The first kappa shape index (κ1) is 17.6. The minimum absolute atomic E-state index is 0.0261. The monoisotopic (exact) mass is 317 g/mol. The number of hydrogen-bond acceptors (Lipinski definition) is 5. The van der Waals surface area contributed by atoms with Crippen LogP contribution in [0.1, 0.15) is 45.7 Å². The van der Waals surface area contributed by atoms with E-state index >= 15 is 0 Å². The van der Waals surface area contributed by atoms with Crippen LogP contribution in [0.15, 0.2) is 6.20 Å². The third-order valence-corrected chi connectivity index (χ3v) is 5.77. The largest absolute Gasteiger partial charge is 0.481 e. The molecule has 0 bridgehead atoms. The van der Waals surface area contributed by atoms with E-state index in [0.717, 1.165) is 12.1 Å². The molecule has 0 atom stereocenters. The molecule has 0 spiro atoms. The van der Waals surface area contributed by atoms with Crippen molar-refractivity contribution in [2.75, 3.05) is 5.75 Å². The summed E-state index contributed by atoms with van der Waals surface area (Å²) in [5.41, 5.74) is 0.758. The van der Waals surface area contributed by atoms with Gasteiger partial charge in [-0.2, -0.15) is 0 Å². The second-order valence-electron chi connectivity index (χ2n) is 6.01. The van der Waals surface area contributed by atoms with Gasteiger partial charge in [0.1, 0.15) is 0 Å². The van der Waals surface area contributed by atoms with E-state index in [-0.39, 0.29) is 18.7 Å². The van der Waals surface area contributed by atoms with Crippen LogP contribution in [0.2, 0.25) is 0 Å². The lowest BCUT2D eigenvalue weighted by atomic mass is 10.1. The Balaban J connectivity index is 2.44. The molecule has 1 rings (SSSR count). The predicted octanol–water partition coefficient (Wildman–Crippen LogP) is 1.29. The molecule has 0 radical (unpaired) electrons. The van der Waals surface area contributed by atoms with Gasteiger partial charge < -0.3 is 5.11 Å². The molecule has 8 heteroatoms. The summed E-state index contributed by atoms with van der Waals surface area (Å²) in [5, 5.41) is 16.4. The highest BCUT2D eigenvalue weighted by Gasteiger charge is 2.28. The number of nitrogens with zero attached hydrogens (tertiary/aromatic N) is 3. The van der Waals surface area contributed by atoms with Crippen LogP contribution in [-0.2, 0) is 27.6 Å². The number of aliphatic carboxylic acids is 1. The number of aromatic nitrogens is 3. The summed E-state index contributed by atoms with van der Waals surface area (Å²) < 4.78 is 24.7. The van der Waals surface area contributed by atoms with Crippen molar-refractivity contribution >= 4 is 15.8 Å². The van der Waals surface area contributed by atoms with Crippen molar-refractivity contribution in [1.82, 2.24) is 15.0 Å². The number of carbonyl (C=O) groups is 1. The Morgan fingerprint density at radius 1 is 1.33 bits per heavy atom. The van der Waals surface area contributed by atoms with Gasteiger partial charge >= 0.3 is 5.97 Å². The second kappa shape index (κ2) is 7.02. The van der Waals surface area contributed by atoms with Crippen molar-refractivity contribution in [3.05, 3.63) is 11.9 Å². The molecule has 7 nitrogen and oxygen atoms in total. The van der Waals surface area contributed by atoms with Gasteiger partial charge in [0.05, 0.1) is 22.7 Å². The van der Waals surface area contributed by atoms with Crippen LogP contribution in [0, 0.1) is 0 Å². The molecular formula is C13H23N3O4S. The van der Waals surface area contributed by atoms with Crippen LogP contribution in [-0.4, -0.2) is 45.0 Å². The molecule has 1 aromatic rings. The van der Waals surface area contributed by atoms with Crippen LogP contribution in [0.25, 0.3) is 0 Å². The molecule has 1 N–H and O–H groups in total. The lowest BCUT2D eigenvalue weighted by Crippen LogP contribution is -2.32. The molecular weight excluding hydrogens is 294 g/mol. The number of sulfone groups is 1. The zero-order valence-corrected chi connectivity index (χ0v) is 13.6. The number of carboxylic acid groups (broad SMARTS) is 1. The minimum Gasteiger partial charge on any atom is -0.481 e. The maximum atomic E-state index is 12.0. The standard InChI is InChI=1S/C13H23N3O4S/c1-13(2,3)21(19,20)9-8-16-10-11(14-15-16)6-4-5-7-12(17)18/h10H,4-9H2,1-3H3,(H,17,18). The normalized spacial score (nSPS) is 12.5. The van der Waals surface area contributed by atoms with Crippen molar-refractivity contribution in [2.45, 2.75) is 57.7 Å². The van der Waals surface area contributed by atoms with E-state index in [9.17, 15) is 13.2 Å². The summed E-state index contributed by atoms with van der Waals surface area (Å²) in [6.07, 6.45) is 3.85. The second-order valence-corrected chi connectivity index (χ2v) is 8.87. The van der Waals surface area contributed by atoms with Crippen LogP contribution < -0.4 is 0 Å². The zero-order chi connectivity index (χ0) is 16.1. The number of carboxylic acids is 1. The van der Waals surface area contributed by atoms with Gasteiger partial charge in [-0.05, 0) is 40.0 Å². The quantitative estimate of drug-likeness (QED) is 0.725. The molecule has 1 heterocycles. The van der Waals surface area contributed by atoms with Crippen molar-refractivity contribution in [2.24, 2.45) is 0 Å². The van der Waals surface area contributed by atoms with E-state index in [1.807, 2.05) is 0 Å². The van der Waals surface area contributed by atoms with Gasteiger partial charge in [-0.3, -0.25) is 9.48 Å². The first-order valence-corrected chi connectivity index (χ1v) is 8.60. The fourth-order valence-corrected chi connectivity index (χ4v) is 2.70. The van der Waals surface area contributed by atoms with Crippen molar-refractivity contribution in [1.29, 1.82) is 0 Å². The Morgan fingerprint density at radius 3 is 2.57 bits per heavy atom. The van der Waals surface area contributed by atoms with Crippen molar-refractivity contribution in [3.63, 3.8) is 0 Å². The van der Waals surface area contributed by atoms with Crippen LogP contribution in [0.3, 0.4) is 0 Å². The lowest BCUT2D eigenvalue weighted by Gasteiger charge is -2.18. The average molecular weight is 317 g/mol. The fourth-order valence-electron chi connectivity index (χ4n) is 1.66. The topological polar surface area (TPSA) is 102 Å². The first-order valence-electron chi connectivity index (χ1n) is 6.95. The van der Waals surface area contributed by atoms with E-state index in [1.54, 1.807) is 27.0 Å². The van der Waals surface area contributed by atoms with E-state index < -0.39 is 20.6 Å². The van der Waals surface area contributed by atoms with Gasteiger partial charge in [-0.1, -0.05) is 5.21 Å². The van der Waals surface area contributed by atoms with E-state index in [1.165, 1.54) is 4.68 Å². The van der Waals surface area contributed by atoms with Crippen molar-refractivity contribution in [3.8, 4) is 0 Å². The molecule has 0 aliphatic carbocycles. The maximum absolute atomic E-state index is 12.0. The molecule has 21 heavy (non-hydrogen) atoms. The third kappa shape index (κ3) is 5.82. The molecule has 0 saturated carbocycles. The maximum Gasteiger partial charge on any atom is 0.303 e. The van der Waals surface area contributed by atoms with Crippen LogP contribution in [0.5, 0.6) is 0 Å². The average Bonchev–Trinajstić information content (AvgIpc) is 2.78. The van der Waals surface area contributed by atoms with Gasteiger partial charge in [0, 0.05) is 12.6 Å². The molecule has 0 aliphatic rings. The number of rotatable bonds is 8. The van der Waals surface area contributed by atoms with Gasteiger partial charge in [0.25, 0.3) is 0 Å². The lowest BCUT2D eigenvalue weighted by molar-refractivity contribution is -0.137. The number of aryl methyl sites for hydroxylation is 2. The van der Waals surface area contributed by atoms with E-state index in [0.29, 0.717) is 12.8 Å². The number of hydrogen-bond donors (Lipinski definition) is 1. The van der Waals surface area contributed by atoms with Crippen LogP contribution in [0.4, 0.5) is 0 Å². The minimum atomic E-state index is -3.17. The molecule has 0 saturated heterocycles.